The Labute approximate surface area is 203 Å². The molecule has 8 nitrogen and oxygen atoms in total. The fraction of sp³-hybridized carbons (Fsp3) is 0.400. The van der Waals surface area contributed by atoms with Crippen LogP contribution in [0.2, 0.25) is 5.02 Å². The number of halogens is 1. The average molecular weight is 486 g/mol. The molecule has 9 heteroatoms. The van der Waals surface area contributed by atoms with Crippen LogP contribution in [0.15, 0.2) is 42.5 Å². The normalized spacial score (nSPS) is 16.3. The third-order valence-corrected chi connectivity index (χ3v) is 6.70. The summed E-state index contributed by atoms with van der Waals surface area (Å²) in [4.78, 5) is 53.2. The van der Waals surface area contributed by atoms with Gasteiger partial charge in [0.05, 0.1) is 17.0 Å². The first kappa shape index (κ1) is 25.4. The van der Waals surface area contributed by atoms with Gasteiger partial charge in [-0.15, -0.1) is 0 Å². The van der Waals surface area contributed by atoms with E-state index in [9.17, 15) is 24.5 Å². The van der Waals surface area contributed by atoms with Crippen molar-refractivity contribution in [3.63, 3.8) is 0 Å². The highest BCUT2D eigenvalue weighted by Gasteiger charge is 2.48. The summed E-state index contributed by atoms with van der Waals surface area (Å²) < 4.78 is 0. The smallest absolute Gasteiger partial charge is 0.288 e. The largest absolute Gasteiger partial charge is 0.321 e. The minimum absolute atomic E-state index is 0.0256. The van der Waals surface area contributed by atoms with Crippen molar-refractivity contribution in [3.05, 3.63) is 68.7 Å². The minimum atomic E-state index is -1.03. The molecule has 0 aromatic heterocycles. The molecule has 3 rings (SSSR count). The van der Waals surface area contributed by atoms with E-state index in [4.69, 9.17) is 11.6 Å². The Morgan fingerprint density at radius 3 is 2.35 bits per heavy atom. The summed E-state index contributed by atoms with van der Waals surface area (Å²) in [7, 11) is 0. The quantitative estimate of drug-likeness (QED) is 0.299. The molecule has 1 unspecified atom stereocenters. The van der Waals surface area contributed by atoms with Crippen molar-refractivity contribution in [2.24, 2.45) is 0 Å². The lowest BCUT2D eigenvalue weighted by Crippen LogP contribution is -2.55. The number of amides is 3. The molecule has 3 amide bonds. The summed E-state index contributed by atoms with van der Waals surface area (Å²) in [5.74, 6) is -1.18. The van der Waals surface area contributed by atoms with Gasteiger partial charge in [-0.1, -0.05) is 44.5 Å². The maximum Gasteiger partial charge on any atom is 0.288 e. The van der Waals surface area contributed by atoms with Crippen LogP contribution in [0.3, 0.4) is 0 Å². The van der Waals surface area contributed by atoms with E-state index in [1.807, 2.05) is 19.1 Å². The van der Waals surface area contributed by atoms with Crippen LogP contribution in [0.5, 0.6) is 0 Å². The lowest BCUT2D eigenvalue weighted by Gasteiger charge is -2.41. The van der Waals surface area contributed by atoms with E-state index in [0.717, 1.165) is 16.5 Å². The van der Waals surface area contributed by atoms with E-state index in [2.05, 4.69) is 13.8 Å². The highest BCUT2D eigenvalue weighted by molar-refractivity contribution is 6.32. The number of hydrogen-bond donors (Lipinski definition) is 0. The number of anilines is 1. The number of rotatable bonds is 7. The van der Waals surface area contributed by atoms with Gasteiger partial charge in [-0.2, -0.15) is 0 Å². The number of nitro groups is 1. The zero-order valence-electron chi connectivity index (χ0n) is 19.9. The van der Waals surface area contributed by atoms with E-state index >= 15 is 0 Å². The minimum Gasteiger partial charge on any atom is -0.321 e. The predicted octanol–water partition coefficient (Wildman–Crippen LogP) is 5.33. The molecule has 1 saturated heterocycles. The monoisotopic (exact) mass is 485 g/mol. The molecule has 1 heterocycles. The number of imide groups is 1. The zero-order chi connectivity index (χ0) is 25.4. The summed E-state index contributed by atoms with van der Waals surface area (Å²) in [6.45, 7) is 9.57. The van der Waals surface area contributed by atoms with Gasteiger partial charge in [0.2, 0.25) is 5.91 Å². The third kappa shape index (κ3) is 4.68. The van der Waals surface area contributed by atoms with Crippen molar-refractivity contribution in [1.29, 1.82) is 0 Å². The molecule has 0 bridgehead atoms. The molecule has 0 radical (unpaired) electrons. The van der Waals surface area contributed by atoms with Gasteiger partial charge in [-0.25, -0.2) is 4.90 Å². The van der Waals surface area contributed by atoms with Crippen LogP contribution in [0, 0.1) is 10.1 Å². The second-order valence-electron chi connectivity index (χ2n) is 9.30. The lowest BCUT2D eigenvalue weighted by atomic mass is 9.94. The van der Waals surface area contributed by atoms with E-state index in [1.165, 1.54) is 17.0 Å². The SMILES string of the molecule is CCC(C)(C)N(C(=O)c1ccc(Cl)c([N+](=O)[O-])c1)C1CC(=O)N(c2ccc(C(C)C)cc2)C1=O. The fourth-order valence-corrected chi connectivity index (χ4v) is 4.22. The molecule has 2 aromatic rings. The number of hydrogen-bond acceptors (Lipinski definition) is 5. The molecule has 0 spiro atoms. The van der Waals surface area contributed by atoms with Gasteiger partial charge in [-0.05, 0) is 56.0 Å². The van der Waals surface area contributed by atoms with Crippen LogP contribution in [-0.4, -0.2) is 39.1 Å². The highest BCUT2D eigenvalue weighted by atomic mass is 35.5. The average Bonchev–Trinajstić information content (AvgIpc) is 3.07. The Bertz CT molecular complexity index is 1140. The number of carbonyl (C=O) groups is 3. The predicted molar refractivity (Wildman–Crippen MR) is 130 cm³/mol. The van der Waals surface area contributed by atoms with Gasteiger partial charge < -0.3 is 4.90 Å². The van der Waals surface area contributed by atoms with E-state index < -0.39 is 39.9 Å². The first-order valence-electron chi connectivity index (χ1n) is 11.1. The summed E-state index contributed by atoms with van der Waals surface area (Å²) >= 11 is 5.91. The van der Waals surface area contributed by atoms with Gasteiger partial charge in [0, 0.05) is 17.2 Å². The van der Waals surface area contributed by atoms with Crippen LogP contribution in [0.1, 0.15) is 69.3 Å². The van der Waals surface area contributed by atoms with Gasteiger partial charge in [0.25, 0.3) is 17.5 Å². The van der Waals surface area contributed by atoms with Gasteiger partial charge >= 0.3 is 0 Å². The first-order chi connectivity index (χ1) is 15.9. The zero-order valence-corrected chi connectivity index (χ0v) is 20.6. The maximum atomic E-state index is 13.6. The topological polar surface area (TPSA) is 101 Å². The molecule has 34 heavy (non-hydrogen) atoms. The van der Waals surface area contributed by atoms with Crippen molar-refractivity contribution < 1.29 is 19.3 Å². The van der Waals surface area contributed by atoms with Crippen LogP contribution in [0.4, 0.5) is 11.4 Å². The number of benzene rings is 2. The van der Waals surface area contributed by atoms with Crippen molar-refractivity contribution in [3.8, 4) is 0 Å². The Morgan fingerprint density at radius 2 is 1.82 bits per heavy atom. The van der Waals surface area contributed by atoms with E-state index in [0.29, 0.717) is 18.0 Å². The molecular formula is C25H28ClN3O5. The van der Waals surface area contributed by atoms with Crippen LogP contribution in [-0.2, 0) is 9.59 Å². The molecule has 0 N–H and O–H groups in total. The molecular weight excluding hydrogens is 458 g/mol. The van der Waals surface area contributed by atoms with Crippen molar-refractivity contribution in [2.45, 2.75) is 65.0 Å². The van der Waals surface area contributed by atoms with Gasteiger partial charge in [-0.3, -0.25) is 24.5 Å². The lowest BCUT2D eigenvalue weighted by molar-refractivity contribution is -0.384. The number of nitro benzene ring substituents is 1. The van der Waals surface area contributed by atoms with Crippen molar-refractivity contribution >= 4 is 40.7 Å². The summed E-state index contributed by atoms with van der Waals surface area (Å²) in [6, 6.07) is 9.95. The Balaban J connectivity index is 2.01. The van der Waals surface area contributed by atoms with Gasteiger partial charge in [0.15, 0.2) is 0 Å². The summed E-state index contributed by atoms with van der Waals surface area (Å²) in [5, 5.41) is 11.2. The second-order valence-corrected chi connectivity index (χ2v) is 9.71. The Morgan fingerprint density at radius 1 is 1.21 bits per heavy atom. The maximum absolute atomic E-state index is 13.6. The van der Waals surface area contributed by atoms with Crippen LogP contribution in [0.25, 0.3) is 0 Å². The second kappa shape index (κ2) is 9.54. The highest BCUT2D eigenvalue weighted by Crippen LogP contribution is 2.34. The molecule has 1 atom stereocenters. The summed E-state index contributed by atoms with van der Waals surface area (Å²) in [6.07, 6.45) is 0.325. The summed E-state index contributed by atoms with van der Waals surface area (Å²) in [5.41, 5.74) is 0.349. The molecule has 2 aromatic carbocycles. The van der Waals surface area contributed by atoms with Crippen molar-refractivity contribution in [1.82, 2.24) is 4.90 Å². The fourth-order valence-electron chi connectivity index (χ4n) is 4.03. The molecule has 0 saturated carbocycles. The van der Waals surface area contributed by atoms with Crippen molar-refractivity contribution in [2.75, 3.05) is 4.90 Å². The van der Waals surface area contributed by atoms with Gasteiger partial charge in [0.1, 0.15) is 11.1 Å². The van der Waals surface area contributed by atoms with E-state index in [-0.39, 0.29) is 17.0 Å². The Kier molecular flexibility index (Phi) is 7.12. The van der Waals surface area contributed by atoms with Crippen LogP contribution >= 0.6 is 11.6 Å². The standard InChI is InChI=1S/C25H28ClN3O5/c1-6-25(4,5)28(23(31)17-9-12-19(26)20(13-17)29(33)34)21-14-22(30)27(24(21)32)18-10-7-16(8-11-18)15(2)3/h7-13,15,21H,6,14H2,1-5H3. The molecule has 0 aliphatic carbocycles. The molecule has 180 valence electrons. The van der Waals surface area contributed by atoms with E-state index in [1.54, 1.807) is 26.0 Å². The molecule has 1 fully saturated rings. The Hall–Kier alpha value is -3.26. The molecule has 1 aliphatic heterocycles. The molecule has 1 aliphatic rings. The van der Waals surface area contributed by atoms with Crippen LogP contribution < -0.4 is 4.90 Å². The number of carbonyl (C=O) groups excluding carboxylic acids is 3. The number of nitrogens with zero attached hydrogens (tertiary/aromatic N) is 3. The first-order valence-corrected chi connectivity index (χ1v) is 11.5. The third-order valence-electron chi connectivity index (χ3n) is 6.38.